The normalized spacial score (nSPS) is 21.2. The lowest BCUT2D eigenvalue weighted by Crippen LogP contribution is -2.27. The van der Waals surface area contributed by atoms with Crippen LogP contribution in [0.1, 0.15) is 25.2 Å². The van der Waals surface area contributed by atoms with Gasteiger partial charge in [0.2, 0.25) is 0 Å². The van der Waals surface area contributed by atoms with Crippen LogP contribution in [-0.2, 0) is 0 Å². The molecule has 20 heavy (non-hydrogen) atoms. The van der Waals surface area contributed by atoms with E-state index in [0.717, 1.165) is 31.0 Å². The molecule has 0 spiro atoms. The average molecular weight is 273 g/mol. The molecule has 2 heterocycles. The van der Waals surface area contributed by atoms with Gasteiger partial charge in [0.15, 0.2) is 5.82 Å². The molecule has 0 bridgehead atoms. The minimum absolute atomic E-state index is 0.141. The van der Waals surface area contributed by atoms with Crippen LogP contribution in [0.3, 0.4) is 0 Å². The van der Waals surface area contributed by atoms with E-state index in [9.17, 15) is 5.11 Å². The molecule has 1 aromatic carbocycles. The molecular formula is C14H19N5O. The fraction of sp³-hybridized carbons (Fsp3) is 0.500. The summed E-state index contributed by atoms with van der Waals surface area (Å²) in [6.07, 6.45) is 1.04. The molecule has 106 valence electrons. The van der Waals surface area contributed by atoms with E-state index in [2.05, 4.69) is 27.3 Å². The summed E-state index contributed by atoms with van der Waals surface area (Å²) in [4.78, 5) is 2.33. The molecule has 2 unspecified atom stereocenters. The minimum Gasteiger partial charge on any atom is -0.396 e. The van der Waals surface area contributed by atoms with E-state index >= 15 is 0 Å². The summed E-state index contributed by atoms with van der Waals surface area (Å²) in [5, 5.41) is 21.4. The van der Waals surface area contributed by atoms with Gasteiger partial charge in [0.25, 0.3) is 0 Å². The number of aliphatic hydroxyl groups is 1. The monoisotopic (exact) mass is 273 g/mol. The van der Waals surface area contributed by atoms with Crippen LogP contribution in [0.15, 0.2) is 30.3 Å². The van der Waals surface area contributed by atoms with Crippen molar-refractivity contribution in [2.24, 2.45) is 5.92 Å². The van der Waals surface area contributed by atoms with Crippen molar-refractivity contribution in [3.63, 3.8) is 0 Å². The van der Waals surface area contributed by atoms with Crippen LogP contribution in [0.25, 0.3) is 5.69 Å². The molecule has 0 saturated carbocycles. The van der Waals surface area contributed by atoms with Crippen LogP contribution in [0, 0.1) is 5.92 Å². The molecule has 2 aromatic rings. The smallest absolute Gasteiger partial charge is 0.173 e. The van der Waals surface area contributed by atoms with E-state index in [-0.39, 0.29) is 12.6 Å². The Kier molecular flexibility index (Phi) is 3.75. The third-order valence-electron chi connectivity index (χ3n) is 3.99. The van der Waals surface area contributed by atoms with Crippen LogP contribution in [0.2, 0.25) is 0 Å². The van der Waals surface area contributed by atoms with Gasteiger partial charge in [0, 0.05) is 13.2 Å². The minimum atomic E-state index is 0.141. The van der Waals surface area contributed by atoms with Gasteiger partial charge in [0.1, 0.15) is 0 Å². The first-order chi connectivity index (χ1) is 9.79. The summed E-state index contributed by atoms with van der Waals surface area (Å²) in [6.45, 7) is 4.26. The van der Waals surface area contributed by atoms with Gasteiger partial charge in [0.05, 0.1) is 11.7 Å². The number of hydrogen-bond acceptors (Lipinski definition) is 5. The highest BCUT2D eigenvalue weighted by atomic mass is 16.3. The SMILES string of the molecule is CC(c1nnnn1-c1ccccc1)N1CCC(CO)C1. The van der Waals surface area contributed by atoms with Crippen LogP contribution >= 0.6 is 0 Å². The number of nitrogens with zero attached hydrogens (tertiary/aromatic N) is 5. The third kappa shape index (κ3) is 2.44. The maximum atomic E-state index is 9.26. The van der Waals surface area contributed by atoms with Gasteiger partial charge in [-0.25, -0.2) is 0 Å². The Balaban J connectivity index is 1.83. The Labute approximate surface area is 118 Å². The highest BCUT2D eigenvalue weighted by Crippen LogP contribution is 2.26. The Bertz CT molecular complexity index is 556. The first kappa shape index (κ1) is 13.2. The van der Waals surface area contributed by atoms with Gasteiger partial charge >= 0.3 is 0 Å². The Hall–Kier alpha value is -1.79. The molecule has 1 fully saturated rings. The summed E-state index contributed by atoms with van der Waals surface area (Å²) in [6, 6.07) is 10.1. The zero-order chi connectivity index (χ0) is 13.9. The zero-order valence-electron chi connectivity index (χ0n) is 11.6. The summed E-state index contributed by atoms with van der Waals surface area (Å²) < 4.78 is 1.79. The Morgan fingerprint density at radius 2 is 2.15 bits per heavy atom. The first-order valence-corrected chi connectivity index (χ1v) is 6.98. The fourth-order valence-corrected chi connectivity index (χ4v) is 2.73. The number of aliphatic hydroxyl groups excluding tert-OH is 1. The molecule has 1 aliphatic heterocycles. The first-order valence-electron chi connectivity index (χ1n) is 6.98. The van der Waals surface area contributed by atoms with E-state index in [1.165, 1.54) is 0 Å². The molecular weight excluding hydrogens is 254 g/mol. The molecule has 0 aliphatic carbocycles. The molecule has 1 N–H and O–H groups in total. The largest absolute Gasteiger partial charge is 0.396 e. The summed E-state index contributed by atoms with van der Waals surface area (Å²) >= 11 is 0. The molecule has 0 radical (unpaired) electrons. The summed E-state index contributed by atoms with van der Waals surface area (Å²) in [7, 11) is 0. The molecule has 1 saturated heterocycles. The predicted octanol–water partition coefficient (Wildman–Crippen LogP) is 1.04. The number of hydrogen-bond donors (Lipinski definition) is 1. The Morgan fingerprint density at radius 1 is 1.35 bits per heavy atom. The predicted molar refractivity (Wildman–Crippen MR) is 74.3 cm³/mol. The van der Waals surface area contributed by atoms with Gasteiger partial charge in [-0.3, -0.25) is 4.90 Å². The Morgan fingerprint density at radius 3 is 2.85 bits per heavy atom. The van der Waals surface area contributed by atoms with Gasteiger partial charge in [-0.15, -0.1) is 5.10 Å². The van der Waals surface area contributed by atoms with Crippen LogP contribution in [0.4, 0.5) is 0 Å². The molecule has 0 amide bonds. The lowest BCUT2D eigenvalue weighted by atomic mass is 10.1. The van der Waals surface area contributed by atoms with Crippen molar-refractivity contribution >= 4 is 0 Å². The maximum absolute atomic E-state index is 9.26. The van der Waals surface area contributed by atoms with Gasteiger partial charge < -0.3 is 5.11 Å². The quantitative estimate of drug-likeness (QED) is 0.901. The van der Waals surface area contributed by atoms with Crippen molar-refractivity contribution in [2.75, 3.05) is 19.7 Å². The molecule has 6 nitrogen and oxygen atoms in total. The average Bonchev–Trinajstić information content (AvgIpc) is 3.16. The van der Waals surface area contributed by atoms with E-state index in [4.69, 9.17) is 0 Å². The molecule has 6 heteroatoms. The lowest BCUT2D eigenvalue weighted by molar-refractivity contribution is 0.200. The van der Waals surface area contributed by atoms with Crippen molar-refractivity contribution in [1.82, 2.24) is 25.1 Å². The zero-order valence-corrected chi connectivity index (χ0v) is 11.6. The molecule has 3 rings (SSSR count). The van der Waals surface area contributed by atoms with E-state index in [1.807, 2.05) is 30.3 Å². The topological polar surface area (TPSA) is 67.1 Å². The number of tetrazole rings is 1. The van der Waals surface area contributed by atoms with E-state index in [1.54, 1.807) is 4.68 Å². The second-order valence-corrected chi connectivity index (χ2v) is 5.29. The summed E-state index contributed by atoms with van der Waals surface area (Å²) in [5.74, 6) is 1.22. The molecule has 1 aromatic heterocycles. The van der Waals surface area contributed by atoms with Gasteiger partial charge in [-0.05, 0) is 48.4 Å². The number of likely N-dealkylation sites (tertiary alicyclic amines) is 1. The van der Waals surface area contributed by atoms with Gasteiger partial charge in [-0.1, -0.05) is 18.2 Å². The van der Waals surface area contributed by atoms with Crippen molar-refractivity contribution in [3.8, 4) is 5.69 Å². The molecule has 1 aliphatic rings. The molecule has 2 atom stereocenters. The number of aromatic nitrogens is 4. The standard InChI is InChI=1S/C14H19N5O/c1-11(18-8-7-12(9-18)10-20)14-15-16-17-19(14)13-5-3-2-4-6-13/h2-6,11-12,20H,7-10H2,1H3. The van der Waals surface area contributed by atoms with E-state index in [0.29, 0.717) is 5.92 Å². The highest BCUT2D eigenvalue weighted by molar-refractivity contribution is 5.30. The van der Waals surface area contributed by atoms with Crippen LogP contribution < -0.4 is 0 Å². The third-order valence-corrected chi connectivity index (χ3v) is 3.99. The fourth-order valence-electron chi connectivity index (χ4n) is 2.73. The van der Waals surface area contributed by atoms with Crippen molar-refractivity contribution in [1.29, 1.82) is 0 Å². The number of para-hydroxylation sites is 1. The van der Waals surface area contributed by atoms with Gasteiger partial charge in [-0.2, -0.15) is 4.68 Å². The summed E-state index contributed by atoms with van der Waals surface area (Å²) in [5.41, 5.74) is 0.970. The second kappa shape index (κ2) is 5.68. The second-order valence-electron chi connectivity index (χ2n) is 5.29. The number of benzene rings is 1. The van der Waals surface area contributed by atoms with Crippen LogP contribution in [-0.4, -0.2) is 49.9 Å². The highest BCUT2D eigenvalue weighted by Gasteiger charge is 2.29. The van der Waals surface area contributed by atoms with Crippen LogP contribution in [0.5, 0.6) is 0 Å². The van der Waals surface area contributed by atoms with E-state index < -0.39 is 0 Å². The van der Waals surface area contributed by atoms with Crippen molar-refractivity contribution in [3.05, 3.63) is 36.2 Å². The maximum Gasteiger partial charge on any atom is 0.173 e. The lowest BCUT2D eigenvalue weighted by Gasteiger charge is -2.23. The number of rotatable bonds is 4. The van der Waals surface area contributed by atoms with Crippen molar-refractivity contribution < 1.29 is 5.11 Å². The van der Waals surface area contributed by atoms with Crippen molar-refractivity contribution in [2.45, 2.75) is 19.4 Å².